The first-order valence-electron chi connectivity index (χ1n) is 6.62. The van der Waals surface area contributed by atoms with Crippen molar-refractivity contribution in [2.75, 3.05) is 13.7 Å². The third kappa shape index (κ3) is 3.67. The quantitative estimate of drug-likeness (QED) is 0.623. The van der Waals surface area contributed by atoms with E-state index in [1.807, 2.05) is 0 Å². The molecule has 0 amide bonds. The highest BCUT2D eigenvalue weighted by molar-refractivity contribution is 9.10. The van der Waals surface area contributed by atoms with Gasteiger partial charge in [0, 0.05) is 12.5 Å². The fraction of sp³-hybridized carbons (Fsp3) is 0.286. The molecule has 0 spiro atoms. The van der Waals surface area contributed by atoms with Gasteiger partial charge < -0.3 is 14.2 Å². The second kappa shape index (κ2) is 7.23. The van der Waals surface area contributed by atoms with Crippen LogP contribution in [0.1, 0.15) is 24.3 Å². The summed E-state index contributed by atoms with van der Waals surface area (Å²) in [5.41, 5.74) is 0.902. The van der Waals surface area contributed by atoms with Crippen molar-refractivity contribution in [3.05, 3.63) is 22.3 Å². The average Bonchev–Trinajstić information content (AvgIpc) is 2.98. The molecule has 9 heteroatoms. The number of methoxy groups -OCH3 is 1. The molecule has 0 saturated carbocycles. The van der Waals surface area contributed by atoms with Crippen molar-refractivity contribution >= 4 is 27.9 Å². The number of benzene rings is 1. The predicted molar refractivity (Wildman–Crippen MR) is 83.3 cm³/mol. The van der Waals surface area contributed by atoms with Gasteiger partial charge in [-0.25, -0.2) is 4.79 Å². The molecular formula is C14H14BrN3O5. The SMILES string of the molecule is CCOC(=O)c1n[nH]nc1-c1cc(Br)c(OC(C)=O)c(OC)c1. The number of esters is 2. The molecule has 0 atom stereocenters. The van der Waals surface area contributed by atoms with Crippen LogP contribution in [-0.2, 0) is 9.53 Å². The van der Waals surface area contributed by atoms with Crippen LogP contribution < -0.4 is 9.47 Å². The van der Waals surface area contributed by atoms with Crippen LogP contribution in [0.5, 0.6) is 11.5 Å². The molecule has 1 heterocycles. The van der Waals surface area contributed by atoms with E-state index in [0.29, 0.717) is 21.5 Å². The van der Waals surface area contributed by atoms with Gasteiger partial charge in [0.2, 0.25) is 0 Å². The molecule has 1 N–H and O–H groups in total. The van der Waals surface area contributed by atoms with Gasteiger partial charge in [-0.15, -0.1) is 5.10 Å². The van der Waals surface area contributed by atoms with Gasteiger partial charge in [-0.3, -0.25) is 4.79 Å². The summed E-state index contributed by atoms with van der Waals surface area (Å²) in [6.07, 6.45) is 0. The van der Waals surface area contributed by atoms with Gasteiger partial charge in [0.25, 0.3) is 0 Å². The van der Waals surface area contributed by atoms with E-state index >= 15 is 0 Å². The summed E-state index contributed by atoms with van der Waals surface area (Å²) in [5, 5.41) is 10.2. The number of nitrogens with zero attached hydrogens (tertiary/aromatic N) is 2. The summed E-state index contributed by atoms with van der Waals surface area (Å²) < 4.78 is 15.8. The fourth-order valence-electron chi connectivity index (χ4n) is 1.87. The highest BCUT2D eigenvalue weighted by Gasteiger charge is 2.22. The van der Waals surface area contributed by atoms with Crippen molar-refractivity contribution in [3.8, 4) is 22.8 Å². The van der Waals surface area contributed by atoms with Gasteiger partial charge in [0.1, 0.15) is 5.69 Å². The lowest BCUT2D eigenvalue weighted by Gasteiger charge is -2.11. The minimum Gasteiger partial charge on any atom is -0.493 e. The van der Waals surface area contributed by atoms with Crippen molar-refractivity contribution in [1.29, 1.82) is 0 Å². The minimum atomic E-state index is -0.588. The lowest BCUT2D eigenvalue weighted by molar-refractivity contribution is -0.132. The Labute approximate surface area is 140 Å². The Morgan fingerprint density at radius 1 is 1.30 bits per heavy atom. The molecule has 1 aromatic heterocycles. The van der Waals surface area contributed by atoms with E-state index in [0.717, 1.165) is 0 Å². The van der Waals surface area contributed by atoms with Gasteiger partial charge in [-0.05, 0) is 35.0 Å². The first kappa shape index (κ1) is 16.9. The summed E-state index contributed by atoms with van der Waals surface area (Å²) in [6, 6.07) is 3.23. The fourth-order valence-corrected chi connectivity index (χ4v) is 2.40. The van der Waals surface area contributed by atoms with Gasteiger partial charge in [-0.2, -0.15) is 10.3 Å². The Balaban J connectivity index is 2.50. The van der Waals surface area contributed by atoms with E-state index in [2.05, 4.69) is 31.3 Å². The topological polar surface area (TPSA) is 103 Å². The van der Waals surface area contributed by atoms with E-state index in [9.17, 15) is 9.59 Å². The highest BCUT2D eigenvalue weighted by Crippen LogP contribution is 2.39. The zero-order chi connectivity index (χ0) is 17.0. The van der Waals surface area contributed by atoms with Gasteiger partial charge in [-0.1, -0.05) is 0 Å². The monoisotopic (exact) mass is 383 g/mol. The maximum Gasteiger partial charge on any atom is 0.361 e. The number of rotatable bonds is 5. The Kier molecular flexibility index (Phi) is 5.32. The molecule has 0 aliphatic heterocycles. The smallest absolute Gasteiger partial charge is 0.361 e. The number of carbonyl (C=O) groups is 2. The number of hydrogen-bond acceptors (Lipinski definition) is 7. The molecule has 2 rings (SSSR count). The Morgan fingerprint density at radius 2 is 2.04 bits per heavy atom. The molecule has 0 fully saturated rings. The molecule has 0 unspecified atom stereocenters. The van der Waals surface area contributed by atoms with Crippen molar-refractivity contribution in [2.45, 2.75) is 13.8 Å². The van der Waals surface area contributed by atoms with Gasteiger partial charge in [0.05, 0.1) is 18.2 Å². The second-order valence-electron chi connectivity index (χ2n) is 4.32. The van der Waals surface area contributed by atoms with Crippen LogP contribution in [0.4, 0.5) is 0 Å². The lowest BCUT2D eigenvalue weighted by Crippen LogP contribution is -2.07. The van der Waals surface area contributed by atoms with Crippen molar-refractivity contribution in [3.63, 3.8) is 0 Å². The Bertz CT molecular complexity index is 744. The molecule has 122 valence electrons. The molecule has 1 aromatic carbocycles. The summed E-state index contributed by atoms with van der Waals surface area (Å²) in [7, 11) is 1.44. The molecular weight excluding hydrogens is 370 g/mol. The number of halogens is 1. The molecule has 0 aliphatic carbocycles. The van der Waals surface area contributed by atoms with Crippen LogP contribution in [0.15, 0.2) is 16.6 Å². The number of hydrogen-bond donors (Lipinski definition) is 1. The van der Waals surface area contributed by atoms with Crippen molar-refractivity contribution in [1.82, 2.24) is 15.4 Å². The Morgan fingerprint density at radius 3 is 2.65 bits per heavy atom. The number of aromatic amines is 1. The van der Waals surface area contributed by atoms with Gasteiger partial charge >= 0.3 is 11.9 Å². The molecule has 2 aromatic rings. The molecule has 0 aliphatic rings. The van der Waals surface area contributed by atoms with Gasteiger partial charge in [0.15, 0.2) is 17.2 Å². The number of H-pyrrole nitrogens is 1. The number of aromatic nitrogens is 3. The first-order chi connectivity index (χ1) is 11.0. The predicted octanol–water partition coefficient (Wildman–Crippen LogP) is 2.34. The maximum atomic E-state index is 11.9. The standard InChI is InChI=1S/C14H14BrN3O5/c1-4-22-14(20)12-11(16-18-17-12)8-5-9(15)13(23-7(2)19)10(6-8)21-3/h5-6H,4H2,1-3H3,(H,16,17,18). The summed E-state index contributed by atoms with van der Waals surface area (Å²) in [5.74, 6) is -0.520. The van der Waals surface area contributed by atoms with Crippen molar-refractivity contribution < 1.29 is 23.8 Å². The van der Waals surface area contributed by atoms with Crippen LogP contribution in [0.25, 0.3) is 11.3 Å². The maximum absolute atomic E-state index is 11.9. The number of carbonyl (C=O) groups excluding carboxylic acids is 2. The first-order valence-corrected chi connectivity index (χ1v) is 7.41. The molecule has 0 saturated heterocycles. The minimum absolute atomic E-state index is 0.0565. The van der Waals surface area contributed by atoms with Crippen LogP contribution in [0.2, 0.25) is 0 Å². The van der Waals surface area contributed by atoms with Crippen LogP contribution in [0, 0.1) is 0 Å². The van der Waals surface area contributed by atoms with E-state index < -0.39 is 11.9 Å². The highest BCUT2D eigenvalue weighted by atomic mass is 79.9. The average molecular weight is 384 g/mol. The molecule has 8 nitrogen and oxygen atoms in total. The molecule has 0 bridgehead atoms. The summed E-state index contributed by atoms with van der Waals surface area (Å²) >= 11 is 3.31. The van der Waals surface area contributed by atoms with E-state index in [-0.39, 0.29) is 18.1 Å². The van der Waals surface area contributed by atoms with Crippen LogP contribution >= 0.6 is 15.9 Å². The Hall–Kier alpha value is -2.42. The molecule has 0 radical (unpaired) electrons. The number of ether oxygens (including phenoxy) is 3. The summed E-state index contributed by atoms with van der Waals surface area (Å²) in [6.45, 7) is 3.21. The lowest BCUT2D eigenvalue weighted by atomic mass is 10.1. The van der Waals surface area contributed by atoms with Crippen LogP contribution in [0.3, 0.4) is 0 Å². The van der Waals surface area contributed by atoms with Crippen molar-refractivity contribution in [2.24, 2.45) is 0 Å². The normalized spacial score (nSPS) is 10.3. The summed E-state index contributed by atoms with van der Waals surface area (Å²) in [4.78, 5) is 23.1. The third-order valence-electron chi connectivity index (χ3n) is 2.77. The zero-order valence-corrected chi connectivity index (χ0v) is 14.3. The molecule has 23 heavy (non-hydrogen) atoms. The largest absolute Gasteiger partial charge is 0.493 e. The van der Waals surface area contributed by atoms with Crippen LogP contribution in [-0.4, -0.2) is 41.1 Å². The third-order valence-corrected chi connectivity index (χ3v) is 3.35. The zero-order valence-electron chi connectivity index (χ0n) is 12.7. The van der Waals surface area contributed by atoms with E-state index in [1.54, 1.807) is 19.1 Å². The number of nitrogens with one attached hydrogen (secondary N) is 1. The van der Waals surface area contributed by atoms with E-state index in [1.165, 1.54) is 14.0 Å². The van der Waals surface area contributed by atoms with E-state index in [4.69, 9.17) is 14.2 Å². The second-order valence-corrected chi connectivity index (χ2v) is 5.18.